The summed E-state index contributed by atoms with van der Waals surface area (Å²) in [6.07, 6.45) is 0.0160. The van der Waals surface area contributed by atoms with Gasteiger partial charge in [-0.05, 0) is 37.6 Å². The molecule has 1 heterocycles. The van der Waals surface area contributed by atoms with Gasteiger partial charge in [-0.1, -0.05) is 29.8 Å². The summed E-state index contributed by atoms with van der Waals surface area (Å²) in [4.78, 5) is 36.8. The lowest BCUT2D eigenvalue weighted by Crippen LogP contribution is -2.12. The highest BCUT2D eigenvalue weighted by molar-refractivity contribution is 5.98. The van der Waals surface area contributed by atoms with Crippen molar-refractivity contribution in [2.45, 2.75) is 33.3 Å². The van der Waals surface area contributed by atoms with Gasteiger partial charge < -0.3 is 20.5 Å². The molecule has 32 heavy (non-hydrogen) atoms. The van der Waals surface area contributed by atoms with E-state index in [1.807, 2.05) is 44.2 Å². The Morgan fingerprint density at radius 2 is 1.81 bits per heavy atom. The van der Waals surface area contributed by atoms with Gasteiger partial charge in [0.05, 0.1) is 19.2 Å². The van der Waals surface area contributed by atoms with Gasteiger partial charge in [-0.2, -0.15) is 15.0 Å². The highest BCUT2D eigenvalue weighted by Crippen LogP contribution is 2.25. The van der Waals surface area contributed by atoms with E-state index in [-0.39, 0.29) is 43.0 Å². The average Bonchev–Trinajstić information content (AvgIpc) is 2.77. The number of hydrogen-bond acceptors (Lipinski definition) is 9. The van der Waals surface area contributed by atoms with E-state index < -0.39 is 5.97 Å². The minimum Gasteiger partial charge on any atom is -0.495 e. The number of Topliss-reactive ketones (excluding diaryl/α,β-unsaturated/α-hetero) is 1. The topological polar surface area (TPSA) is 129 Å². The van der Waals surface area contributed by atoms with Gasteiger partial charge in [0.15, 0.2) is 18.2 Å². The Balaban J connectivity index is 1.57. The molecule has 0 fully saturated rings. The van der Waals surface area contributed by atoms with Gasteiger partial charge in [0.25, 0.3) is 0 Å². The Kier molecular flexibility index (Phi) is 7.33. The summed E-state index contributed by atoms with van der Waals surface area (Å²) >= 11 is 0. The van der Waals surface area contributed by atoms with Crippen LogP contribution in [0, 0.1) is 13.8 Å². The second-order valence-electron chi connectivity index (χ2n) is 7.16. The van der Waals surface area contributed by atoms with Crippen molar-refractivity contribution in [2.75, 3.05) is 18.2 Å². The highest BCUT2D eigenvalue weighted by Gasteiger charge is 2.14. The number of methoxy groups -OCH3 is 1. The molecule has 0 atom stereocenters. The first-order chi connectivity index (χ1) is 15.4. The zero-order chi connectivity index (χ0) is 23.1. The van der Waals surface area contributed by atoms with Gasteiger partial charge in [-0.3, -0.25) is 9.59 Å². The average molecular weight is 435 g/mol. The number of carbonyl (C=O) groups excluding carboxylic acids is 2. The van der Waals surface area contributed by atoms with E-state index in [2.05, 4.69) is 20.3 Å². The van der Waals surface area contributed by atoms with Crippen molar-refractivity contribution in [3.05, 3.63) is 65.0 Å². The van der Waals surface area contributed by atoms with Crippen molar-refractivity contribution in [1.82, 2.24) is 15.0 Å². The number of esters is 1. The van der Waals surface area contributed by atoms with E-state index in [0.29, 0.717) is 17.0 Å². The second-order valence-corrected chi connectivity index (χ2v) is 7.16. The molecule has 0 aliphatic heterocycles. The lowest BCUT2D eigenvalue weighted by Gasteiger charge is -2.11. The molecule has 166 valence electrons. The summed E-state index contributed by atoms with van der Waals surface area (Å²) < 4.78 is 10.5. The normalized spacial score (nSPS) is 10.5. The molecule has 0 amide bonds. The summed E-state index contributed by atoms with van der Waals surface area (Å²) in [5, 5.41) is 3.01. The molecule has 0 saturated heterocycles. The van der Waals surface area contributed by atoms with E-state index in [9.17, 15) is 9.59 Å². The fourth-order valence-electron chi connectivity index (χ4n) is 3.03. The lowest BCUT2D eigenvalue weighted by molar-refractivity contribution is -0.145. The molecule has 0 aliphatic rings. The first-order valence-corrected chi connectivity index (χ1v) is 10.0. The van der Waals surface area contributed by atoms with Crippen molar-refractivity contribution >= 4 is 29.3 Å². The number of aromatic nitrogens is 3. The van der Waals surface area contributed by atoms with Crippen LogP contribution in [0.5, 0.6) is 5.75 Å². The molecule has 3 aromatic rings. The summed E-state index contributed by atoms with van der Waals surface area (Å²) in [5.74, 6) is 0.335. The number of nitrogens with two attached hydrogens (primary N) is 1. The summed E-state index contributed by atoms with van der Waals surface area (Å²) in [7, 11) is 1.55. The van der Waals surface area contributed by atoms with Gasteiger partial charge in [0.2, 0.25) is 11.9 Å². The zero-order valence-corrected chi connectivity index (χ0v) is 18.2. The van der Waals surface area contributed by atoms with Gasteiger partial charge in [0, 0.05) is 12.0 Å². The number of hydrogen-bond donors (Lipinski definition) is 2. The number of ether oxygens (including phenoxy) is 2. The number of nitrogen functional groups attached to an aromatic ring is 1. The number of ketones is 1. The molecule has 9 heteroatoms. The van der Waals surface area contributed by atoms with Crippen LogP contribution in [-0.4, -0.2) is 33.8 Å². The third kappa shape index (κ3) is 6.00. The summed E-state index contributed by atoms with van der Waals surface area (Å²) in [6.45, 7) is 3.60. The Morgan fingerprint density at radius 3 is 2.59 bits per heavy atom. The number of benzene rings is 2. The van der Waals surface area contributed by atoms with Crippen LogP contribution in [0.3, 0.4) is 0 Å². The van der Waals surface area contributed by atoms with E-state index in [4.69, 9.17) is 15.2 Å². The van der Waals surface area contributed by atoms with E-state index in [1.54, 1.807) is 19.2 Å². The quantitative estimate of drug-likeness (QED) is 0.383. The van der Waals surface area contributed by atoms with Crippen LogP contribution in [0.4, 0.5) is 17.6 Å². The Hall–Kier alpha value is -4.01. The van der Waals surface area contributed by atoms with Crippen LogP contribution in [0.1, 0.15) is 40.2 Å². The van der Waals surface area contributed by atoms with Crippen molar-refractivity contribution in [1.29, 1.82) is 0 Å². The molecular formula is C23H25N5O4. The van der Waals surface area contributed by atoms with Crippen LogP contribution in [-0.2, 0) is 16.1 Å². The van der Waals surface area contributed by atoms with Crippen LogP contribution in [0.2, 0.25) is 0 Å². The SMILES string of the molecule is COc1ccccc1Nc1nc(N)nc(COC(=O)CCC(=O)c2cc(C)ccc2C)n1. The zero-order valence-electron chi connectivity index (χ0n) is 18.2. The molecule has 2 aromatic carbocycles. The van der Waals surface area contributed by atoms with Crippen molar-refractivity contribution < 1.29 is 19.1 Å². The van der Waals surface area contributed by atoms with Crippen LogP contribution < -0.4 is 15.8 Å². The largest absolute Gasteiger partial charge is 0.495 e. The number of nitrogens with zero attached hydrogens (tertiary/aromatic N) is 3. The Bertz CT molecular complexity index is 1130. The van der Waals surface area contributed by atoms with Gasteiger partial charge >= 0.3 is 5.97 Å². The highest BCUT2D eigenvalue weighted by atomic mass is 16.5. The molecular weight excluding hydrogens is 410 g/mol. The fourth-order valence-corrected chi connectivity index (χ4v) is 3.03. The number of aryl methyl sites for hydroxylation is 2. The smallest absolute Gasteiger partial charge is 0.306 e. The monoisotopic (exact) mass is 435 g/mol. The molecule has 0 spiro atoms. The molecule has 0 saturated carbocycles. The van der Waals surface area contributed by atoms with Gasteiger partial charge in [-0.25, -0.2) is 0 Å². The van der Waals surface area contributed by atoms with Crippen LogP contribution in [0.15, 0.2) is 42.5 Å². The van der Waals surface area contributed by atoms with Gasteiger partial charge in [-0.15, -0.1) is 0 Å². The Morgan fingerprint density at radius 1 is 1.03 bits per heavy atom. The molecule has 0 aliphatic carbocycles. The molecule has 1 aromatic heterocycles. The third-order valence-electron chi connectivity index (χ3n) is 4.66. The van der Waals surface area contributed by atoms with Crippen molar-refractivity contribution in [2.24, 2.45) is 0 Å². The van der Waals surface area contributed by atoms with Crippen LogP contribution >= 0.6 is 0 Å². The first kappa shape index (κ1) is 22.7. The number of para-hydroxylation sites is 2. The Labute approximate surface area is 186 Å². The molecule has 0 bridgehead atoms. The number of nitrogens with one attached hydrogen (secondary N) is 1. The molecule has 9 nitrogen and oxygen atoms in total. The summed E-state index contributed by atoms with van der Waals surface area (Å²) in [6, 6.07) is 12.9. The maximum atomic E-state index is 12.4. The second kappa shape index (κ2) is 10.3. The molecule has 0 unspecified atom stereocenters. The predicted octanol–water partition coefficient (Wildman–Crippen LogP) is 3.53. The number of carbonyl (C=O) groups is 2. The maximum absolute atomic E-state index is 12.4. The van der Waals surface area contributed by atoms with Crippen molar-refractivity contribution in [3.63, 3.8) is 0 Å². The van der Waals surface area contributed by atoms with E-state index in [1.165, 1.54) is 0 Å². The number of anilines is 3. The third-order valence-corrected chi connectivity index (χ3v) is 4.66. The molecule has 0 radical (unpaired) electrons. The van der Waals surface area contributed by atoms with Crippen molar-refractivity contribution in [3.8, 4) is 5.75 Å². The minimum atomic E-state index is -0.526. The fraction of sp³-hybridized carbons (Fsp3) is 0.261. The molecule has 3 rings (SSSR count). The van der Waals surface area contributed by atoms with Gasteiger partial charge in [0.1, 0.15) is 5.75 Å². The minimum absolute atomic E-state index is 0.0199. The first-order valence-electron chi connectivity index (χ1n) is 10.0. The predicted molar refractivity (Wildman–Crippen MR) is 120 cm³/mol. The summed E-state index contributed by atoms with van der Waals surface area (Å²) in [5.41, 5.74) is 8.90. The van der Waals surface area contributed by atoms with E-state index in [0.717, 1.165) is 11.1 Å². The maximum Gasteiger partial charge on any atom is 0.306 e. The lowest BCUT2D eigenvalue weighted by atomic mass is 9.99. The van der Waals surface area contributed by atoms with Crippen LogP contribution in [0.25, 0.3) is 0 Å². The number of rotatable bonds is 9. The standard InChI is InChI=1S/C23H25N5O4/c1-14-8-9-15(2)16(12-14)18(29)10-11-21(30)32-13-20-26-22(24)28-23(27-20)25-17-6-4-5-7-19(17)31-3/h4-9,12H,10-11,13H2,1-3H3,(H3,24,25,26,27,28). The molecule has 3 N–H and O–H groups in total. The van der Waals surface area contributed by atoms with E-state index >= 15 is 0 Å².